The van der Waals surface area contributed by atoms with Gasteiger partial charge in [0.2, 0.25) is 0 Å². The van der Waals surface area contributed by atoms with Gasteiger partial charge in [0.05, 0.1) is 0 Å². The molecule has 5 aromatic carbocycles. The zero-order chi connectivity index (χ0) is 27.0. The van der Waals surface area contributed by atoms with Gasteiger partial charge in [-0.15, -0.1) is 11.3 Å². The number of para-hydroxylation sites is 1. The van der Waals surface area contributed by atoms with Gasteiger partial charge >= 0.3 is 5.97 Å². The molecule has 1 N–H and O–H groups in total. The number of carboxylic acids is 1. The fourth-order valence-electron chi connectivity index (χ4n) is 7.19. The molecule has 4 nitrogen and oxygen atoms in total. The summed E-state index contributed by atoms with van der Waals surface area (Å²) < 4.78 is 0. The fraction of sp³-hybridized carbons (Fsp3) is 0.143. The molecule has 0 bridgehead atoms. The first kappa shape index (κ1) is 23.2. The predicted octanol–water partition coefficient (Wildman–Crippen LogP) is 9.09. The van der Waals surface area contributed by atoms with Crippen molar-refractivity contribution >= 4 is 67.1 Å². The van der Waals surface area contributed by atoms with Gasteiger partial charge in [0.15, 0.2) is 0 Å². The topological polar surface area (TPSA) is 64.3 Å². The van der Waals surface area contributed by atoms with Crippen LogP contribution < -0.4 is 4.90 Å². The first-order chi connectivity index (χ1) is 19.6. The maximum atomic E-state index is 11.3. The molecule has 1 aliphatic carbocycles. The first-order valence-corrected chi connectivity index (χ1v) is 14.5. The molecule has 0 radical (unpaired) electrons. The van der Waals surface area contributed by atoms with Crippen molar-refractivity contribution in [1.82, 2.24) is 0 Å². The van der Waals surface area contributed by atoms with Crippen LogP contribution in [0.5, 0.6) is 0 Å². The van der Waals surface area contributed by atoms with Gasteiger partial charge in [-0.2, -0.15) is 5.26 Å². The summed E-state index contributed by atoms with van der Waals surface area (Å²) in [5.74, 6) is -0.605. The lowest BCUT2D eigenvalue weighted by Crippen LogP contribution is -2.26. The van der Waals surface area contributed by atoms with Crippen molar-refractivity contribution in [2.24, 2.45) is 0 Å². The summed E-state index contributed by atoms with van der Waals surface area (Å²) in [6, 6.07) is 33.1. The van der Waals surface area contributed by atoms with Crippen molar-refractivity contribution in [2.45, 2.75) is 31.2 Å². The molecule has 6 aromatic rings. The molecular weight excluding hydrogens is 512 g/mol. The number of rotatable bonds is 4. The smallest absolute Gasteiger partial charge is 0.346 e. The number of benzene rings is 5. The zero-order valence-corrected chi connectivity index (χ0v) is 22.4. The second kappa shape index (κ2) is 8.67. The number of thiophene rings is 1. The molecule has 2 unspecified atom stereocenters. The molecular formula is C35H24N2O2S. The van der Waals surface area contributed by atoms with Crippen LogP contribution >= 0.6 is 11.3 Å². The van der Waals surface area contributed by atoms with Crippen molar-refractivity contribution < 1.29 is 9.90 Å². The number of carboxylic acid groups (broad SMARTS) is 1. The number of aliphatic carboxylic acids is 1. The summed E-state index contributed by atoms with van der Waals surface area (Å²) in [5.41, 5.74) is 4.99. The average Bonchev–Trinajstić information content (AvgIpc) is 3.71. The molecule has 8 rings (SSSR count). The molecule has 2 heterocycles. The standard InChI is InChI=1S/C35H24N2O2S/c36-19-22(35(38)39)18-23-12-17-32(40-23)26-13-8-20-10-15-28-31(16-11-21-9-14-27(26)33(20)34(21)28)37-29-6-2-1-4-24(29)25-5-3-7-30(25)37/h1-2,4,6,8-18,25,30H,3,5,7H2,(H,38,39)/b22-18+. The highest BCUT2D eigenvalue weighted by atomic mass is 32.1. The second-order valence-corrected chi connectivity index (χ2v) is 11.9. The maximum absolute atomic E-state index is 11.3. The summed E-state index contributed by atoms with van der Waals surface area (Å²) in [7, 11) is 0. The molecule has 2 aliphatic rings. The van der Waals surface area contributed by atoms with E-state index in [2.05, 4.69) is 77.7 Å². The lowest BCUT2D eigenvalue weighted by molar-refractivity contribution is -0.132. The van der Waals surface area contributed by atoms with E-state index in [9.17, 15) is 15.2 Å². The second-order valence-electron chi connectivity index (χ2n) is 10.8. The van der Waals surface area contributed by atoms with Crippen molar-refractivity contribution in [2.75, 3.05) is 4.90 Å². The van der Waals surface area contributed by atoms with Crippen LogP contribution in [-0.2, 0) is 4.79 Å². The average molecular weight is 537 g/mol. The van der Waals surface area contributed by atoms with E-state index in [-0.39, 0.29) is 5.57 Å². The Bertz CT molecular complexity index is 2060. The van der Waals surface area contributed by atoms with Gasteiger partial charge in [-0.25, -0.2) is 4.79 Å². The fourth-order valence-corrected chi connectivity index (χ4v) is 8.18. The Hall–Kier alpha value is -4.66. The third kappa shape index (κ3) is 3.27. The quantitative estimate of drug-likeness (QED) is 0.139. The summed E-state index contributed by atoms with van der Waals surface area (Å²) in [6.45, 7) is 0. The summed E-state index contributed by atoms with van der Waals surface area (Å²) in [5, 5.41) is 25.9. The van der Waals surface area contributed by atoms with E-state index in [4.69, 9.17) is 0 Å². The molecule has 192 valence electrons. The number of nitriles is 1. The monoisotopic (exact) mass is 536 g/mol. The van der Waals surface area contributed by atoms with Crippen LogP contribution in [0.1, 0.15) is 35.6 Å². The number of fused-ring (bicyclic) bond motifs is 3. The SMILES string of the molecule is N#C/C(=C\c1ccc(-c2ccc3ccc4c(N5c6ccccc6C6CCCC65)ccc5ccc2c3c54)s1)C(=O)O. The highest BCUT2D eigenvalue weighted by Gasteiger charge is 2.42. The molecule has 0 amide bonds. The van der Waals surface area contributed by atoms with Crippen LogP contribution in [0.4, 0.5) is 11.4 Å². The third-order valence-corrected chi connectivity index (χ3v) is 9.90. The van der Waals surface area contributed by atoms with Crippen molar-refractivity contribution in [1.29, 1.82) is 5.26 Å². The minimum atomic E-state index is -1.21. The number of hydrogen-bond acceptors (Lipinski definition) is 4. The summed E-state index contributed by atoms with van der Waals surface area (Å²) in [6.07, 6.45) is 5.20. The van der Waals surface area contributed by atoms with Gasteiger partial charge in [0.25, 0.3) is 0 Å². The number of carbonyl (C=O) groups is 1. The Morgan fingerprint density at radius 2 is 1.62 bits per heavy atom. The normalized spacial score (nSPS) is 18.5. The molecule has 1 aliphatic heterocycles. The largest absolute Gasteiger partial charge is 0.477 e. The van der Waals surface area contributed by atoms with Crippen molar-refractivity contribution in [3.05, 3.63) is 101 Å². The van der Waals surface area contributed by atoms with Crippen LogP contribution in [0.25, 0.3) is 48.8 Å². The Labute approximate surface area is 235 Å². The molecule has 0 saturated heterocycles. The van der Waals surface area contributed by atoms with Crippen molar-refractivity contribution in [3.8, 4) is 16.5 Å². The van der Waals surface area contributed by atoms with E-state index >= 15 is 0 Å². The predicted molar refractivity (Wildman–Crippen MR) is 164 cm³/mol. The van der Waals surface area contributed by atoms with E-state index in [1.54, 1.807) is 6.07 Å². The number of anilines is 2. The molecule has 1 aromatic heterocycles. The lowest BCUT2D eigenvalue weighted by Gasteiger charge is -2.29. The van der Waals surface area contributed by atoms with Gasteiger partial charge in [-0.3, -0.25) is 0 Å². The van der Waals surface area contributed by atoms with Gasteiger partial charge in [0.1, 0.15) is 11.6 Å². The highest BCUT2D eigenvalue weighted by Crippen LogP contribution is 2.54. The molecule has 1 saturated carbocycles. The minimum absolute atomic E-state index is 0.260. The van der Waals surface area contributed by atoms with E-state index in [0.717, 1.165) is 15.3 Å². The van der Waals surface area contributed by atoms with Gasteiger partial charge in [-0.05, 0) is 81.2 Å². The molecule has 40 heavy (non-hydrogen) atoms. The zero-order valence-electron chi connectivity index (χ0n) is 21.6. The van der Waals surface area contributed by atoms with Crippen LogP contribution in [0.15, 0.2) is 90.5 Å². The van der Waals surface area contributed by atoms with Crippen molar-refractivity contribution in [3.63, 3.8) is 0 Å². The highest BCUT2D eigenvalue weighted by molar-refractivity contribution is 7.16. The van der Waals surface area contributed by atoms with E-state index in [1.807, 2.05) is 12.1 Å². The van der Waals surface area contributed by atoms with Gasteiger partial charge in [-0.1, -0.05) is 67.1 Å². The Morgan fingerprint density at radius 1 is 0.875 bits per heavy atom. The van der Waals surface area contributed by atoms with Gasteiger partial charge in [0, 0.05) is 38.5 Å². The summed E-state index contributed by atoms with van der Waals surface area (Å²) in [4.78, 5) is 15.8. The number of nitrogens with zero attached hydrogens (tertiary/aromatic N) is 2. The Kier molecular flexibility index (Phi) is 5.04. The van der Waals surface area contributed by atoms with Crippen LogP contribution in [0.3, 0.4) is 0 Å². The van der Waals surface area contributed by atoms with E-state index in [1.165, 1.54) is 85.9 Å². The van der Waals surface area contributed by atoms with E-state index in [0.29, 0.717) is 12.0 Å². The Balaban J connectivity index is 1.33. The van der Waals surface area contributed by atoms with E-state index < -0.39 is 5.97 Å². The Morgan fingerprint density at radius 3 is 2.45 bits per heavy atom. The van der Waals surface area contributed by atoms with Gasteiger partial charge < -0.3 is 10.0 Å². The van der Waals surface area contributed by atoms with Crippen LogP contribution in [0.2, 0.25) is 0 Å². The first-order valence-electron chi connectivity index (χ1n) is 13.7. The summed E-state index contributed by atoms with van der Waals surface area (Å²) >= 11 is 1.50. The molecule has 0 spiro atoms. The maximum Gasteiger partial charge on any atom is 0.346 e. The number of hydrogen-bond donors (Lipinski definition) is 1. The lowest BCUT2D eigenvalue weighted by atomic mass is 9.90. The third-order valence-electron chi connectivity index (χ3n) is 8.84. The molecule has 2 atom stereocenters. The molecule has 5 heteroatoms. The molecule has 1 fully saturated rings. The van der Waals surface area contributed by atoms with Crippen LogP contribution in [0, 0.1) is 11.3 Å². The minimum Gasteiger partial charge on any atom is -0.477 e. The van der Waals surface area contributed by atoms with Crippen LogP contribution in [-0.4, -0.2) is 17.1 Å².